The first-order valence-corrected chi connectivity index (χ1v) is 14.3. The van der Waals surface area contributed by atoms with Crippen LogP contribution in [0.4, 0.5) is 0 Å². The Morgan fingerprint density at radius 2 is 1.23 bits per heavy atom. The van der Waals surface area contributed by atoms with Crippen molar-refractivity contribution in [1.29, 1.82) is 0 Å². The molecule has 0 radical (unpaired) electrons. The van der Waals surface area contributed by atoms with Crippen LogP contribution < -0.4 is 9.47 Å². The van der Waals surface area contributed by atoms with Gasteiger partial charge in [-0.3, -0.25) is 4.79 Å². The Bertz CT molecular complexity index is 1100. The fourth-order valence-electron chi connectivity index (χ4n) is 3.98. The second-order valence-corrected chi connectivity index (χ2v) is 11.6. The Morgan fingerprint density at radius 3 is 1.68 bits per heavy atom. The summed E-state index contributed by atoms with van der Waals surface area (Å²) in [5.74, 6) is 0.771. The van der Waals surface area contributed by atoms with Gasteiger partial charge in [0.05, 0.1) is 11.7 Å². The number of hydrogen-bond donors (Lipinski definition) is 0. The van der Waals surface area contributed by atoms with Gasteiger partial charge in [-0.2, -0.15) is 0 Å². The molecule has 2 aromatic rings. The molecule has 220 valence electrons. The van der Waals surface area contributed by atoms with E-state index >= 15 is 0 Å². The molecule has 3 atom stereocenters. The van der Waals surface area contributed by atoms with Gasteiger partial charge >= 0.3 is 5.97 Å². The van der Waals surface area contributed by atoms with Crippen LogP contribution in [0.15, 0.2) is 60.7 Å². The van der Waals surface area contributed by atoms with Crippen LogP contribution in [0.5, 0.6) is 11.5 Å². The monoisotopic (exact) mass is 552 g/mol. The summed E-state index contributed by atoms with van der Waals surface area (Å²) in [5, 5.41) is 0. The quantitative estimate of drug-likeness (QED) is 0.159. The molecule has 0 N–H and O–H groups in total. The van der Waals surface area contributed by atoms with Crippen LogP contribution in [-0.4, -0.2) is 42.8 Å². The molecule has 0 aromatic heterocycles. The summed E-state index contributed by atoms with van der Waals surface area (Å²) in [6, 6.07) is 16.2. The zero-order valence-corrected chi connectivity index (χ0v) is 25.8. The molecule has 0 fully saturated rings. The SMILES string of the molecule is CCC(C)C(=O)/C=C/C(=O)OC(C)COc1ccc(C(C)(C)c2ccc(OCC(C)OC(C)(C)CC)cc2)cc1. The second-order valence-electron chi connectivity index (χ2n) is 11.6. The molecule has 2 aromatic carbocycles. The number of allylic oxidation sites excluding steroid dienone is 1. The van der Waals surface area contributed by atoms with Gasteiger partial charge in [0.25, 0.3) is 0 Å². The van der Waals surface area contributed by atoms with Crippen molar-refractivity contribution in [2.75, 3.05) is 13.2 Å². The lowest BCUT2D eigenvalue weighted by molar-refractivity contribution is -0.143. The van der Waals surface area contributed by atoms with Gasteiger partial charge in [-0.15, -0.1) is 0 Å². The molecule has 0 aliphatic heterocycles. The number of ether oxygens (including phenoxy) is 4. The van der Waals surface area contributed by atoms with Gasteiger partial charge in [0, 0.05) is 17.4 Å². The van der Waals surface area contributed by atoms with E-state index in [2.05, 4.69) is 46.8 Å². The van der Waals surface area contributed by atoms with Gasteiger partial charge < -0.3 is 18.9 Å². The third-order valence-electron chi connectivity index (χ3n) is 7.29. The molecule has 0 saturated heterocycles. The Kier molecular flexibility index (Phi) is 12.4. The molecule has 2 rings (SSSR count). The summed E-state index contributed by atoms with van der Waals surface area (Å²) < 4.78 is 23.2. The molecule has 0 heterocycles. The molecule has 6 heteroatoms. The first kappa shape index (κ1) is 33.1. The van der Waals surface area contributed by atoms with E-state index in [4.69, 9.17) is 18.9 Å². The average Bonchev–Trinajstić information content (AvgIpc) is 2.93. The van der Waals surface area contributed by atoms with Crippen LogP contribution in [0.25, 0.3) is 0 Å². The molecule has 0 bridgehead atoms. The Balaban J connectivity index is 1.89. The van der Waals surface area contributed by atoms with Gasteiger partial charge in [0.15, 0.2) is 5.78 Å². The molecule has 3 unspecified atom stereocenters. The molecular formula is C34H48O6. The minimum atomic E-state index is -0.551. The number of hydrogen-bond acceptors (Lipinski definition) is 6. The molecule has 0 spiro atoms. The van der Waals surface area contributed by atoms with Crippen LogP contribution in [0.1, 0.15) is 86.3 Å². The molecule has 0 aliphatic carbocycles. The highest BCUT2D eigenvalue weighted by Gasteiger charge is 2.24. The maximum atomic E-state index is 12.0. The van der Waals surface area contributed by atoms with Gasteiger partial charge in [-0.25, -0.2) is 4.79 Å². The number of esters is 1. The van der Waals surface area contributed by atoms with E-state index in [9.17, 15) is 9.59 Å². The predicted octanol–water partition coefficient (Wildman–Crippen LogP) is 7.47. The smallest absolute Gasteiger partial charge is 0.331 e. The van der Waals surface area contributed by atoms with Crippen LogP contribution in [-0.2, 0) is 24.5 Å². The Hall–Kier alpha value is -3.12. The van der Waals surface area contributed by atoms with Crippen molar-refractivity contribution < 1.29 is 28.5 Å². The lowest BCUT2D eigenvalue weighted by Gasteiger charge is -2.28. The average molecular weight is 553 g/mol. The van der Waals surface area contributed by atoms with Gasteiger partial charge in [0.1, 0.15) is 30.8 Å². The van der Waals surface area contributed by atoms with Crippen LogP contribution in [0.2, 0.25) is 0 Å². The van der Waals surface area contributed by atoms with Crippen molar-refractivity contribution in [3.63, 3.8) is 0 Å². The molecular weight excluding hydrogens is 504 g/mol. The van der Waals surface area contributed by atoms with Crippen molar-refractivity contribution in [1.82, 2.24) is 0 Å². The Morgan fingerprint density at radius 1 is 0.750 bits per heavy atom. The number of rotatable bonds is 16. The summed E-state index contributed by atoms with van der Waals surface area (Å²) in [7, 11) is 0. The second kappa shape index (κ2) is 15.0. The summed E-state index contributed by atoms with van der Waals surface area (Å²) in [6.45, 7) is 18.9. The lowest BCUT2D eigenvalue weighted by atomic mass is 9.78. The third-order valence-corrected chi connectivity index (χ3v) is 7.29. The highest BCUT2D eigenvalue weighted by Crippen LogP contribution is 2.33. The number of ketones is 1. The topological polar surface area (TPSA) is 71.1 Å². The van der Waals surface area contributed by atoms with Crippen LogP contribution >= 0.6 is 0 Å². The van der Waals surface area contributed by atoms with Gasteiger partial charge in [0.2, 0.25) is 0 Å². The summed E-state index contributed by atoms with van der Waals surface area (Å²) in [4.78, 5) is 23.8. The summed E-state index contributed by atoms with van der Waals surface area (Å²) in [5.41, 5.74) is 1.94. The van der Waals surface area contributed by atoms with E-state index in [1.54, 1.807) is 6.92 Å². The van der Waals surface area contributed by atoms with Crippen molar-refractivity contribution in [2.24, 2.45) is 5.92 Å². The maximum Gasteiger partial charge on any atom is 0.331 e. The van der Waals surface area contributed by atoms with E-state index in [0.29, 0.717) is 12.4 Å². The normalized spacial score (nSPS) is 14.4. The molecule has 40 heavy (non-hydrogen) atoms. The van der Waals surface area contributed by atoms with E-state index in [-0.39, 0.29) is 35.4 Å². The van der Waals surface area contributed by atoms with E-state index in [0.717, 1.165) is 24.2 Å². The lowest BCUT2D eigenvalue weighted by Crippen LogP contribution is -2.31. The number of benzene rings is 2. The third kappa shape index (κ3) is 10.5. The largest absolute Gasteiger partial charge is 0.491 e. The van der Waals surface area contributed by atoms with Crippen molar-refractivity contribution in [3.05, 3.63) is 71.8 Å². The molecule has 0 saturated carbocycles. The van der Waals surface area contributed by atoms with Gasteiger partial charge in [-0.1, -0.05) is 58.9 Å². The van der Waals surface area contributed by atoms with E-state index < -0.39 is 12.1 Å². The summed E-state index contributed by atoms with van der Waals surface area (Å²) >= 11 is 0. The first-order chi connectivity index (χ1) is 18.8. The minimum Gasteiger partial charge on any atom is -0.491 e. The van der Waals surface area contributed by atoms with E-state index in [1.807, 2.05) is 57.2 Å². The molecule has 6 nitrogen and oxygen atoms in total. The summed E-state index contributed by atoms with van der Waals surface area (Å²) in [6.07, 6.45) is 3.69. The van der Waals surface area contributed by atoms with E-state index in [1.165, 1.54) is 17.7 Å². The highest BCUT2D eigenvalue weighted by molar-refractivity contribution is 5.96. The molecule has 0 aliphatic rings. The number of carbonyl (C=O) groups excluding carboxylic acids is 2. The van der Waals surface area contributed by atoms with Crippen molar-refractivity contribution in [3.8, 4) is 11.5 Å². The number of carbonyl (C=O) groups is 2. The predicted molar refractivity (Wildman–Crippen MR) is 160 cm³/mol. The van der Waals surface area contributed by atoms with Gasteiger partial charge in [-0.05, 0) is 82.0 Å². The van der Waals surface area contributed by atoms with Crippen molar-refractivity contribution in [2.45, 2.75) is 98.4 Å². The molecule has 0 amide bonds. The fraction of sp³-hybridized carbons (Fsp3) is 0.529. The van der Waals surface area contributed by atoms with Crippen LogP contribution in [0, 0.1) is 5.92 Å². The zero-order valence-electron chi connectivity index (χ0n) is 25.8. The maximum absolute atomic E-state index is 12.0. The first-order valence-electron chi connectivity index (χ1n) is 14.3. The standard InChI is InChI=1S/C34H48O6/c1-10-24(3)31(35)20-21-32(36)39-25(4)22-37-29-16-12-27(13-17-29)34(8,9)28-14-18-30(19-15-28)38-23-26(5)40-33(6,7)11-2/h12-21,24-26H,10-11,22-23H2,1-9H3/b21-20+. The fourth-order valence-corrected chi connectivity index (χ4v) is 3.98. The van der Waals surface area contributed by atoms with Crippen molar-refractivity contribution >= 4 is 11.8 Å². The Labute approximate surface area is 241 Å². The zero-order chi connectivity index (χ0) is 29.9. The van der Waals surface area contributed by atoms with Crippen LogP contribution in [0.3, 0.4) is 0 Å². The minimum absolute atomic E-state index is 0.00354. The highest BCUT2D eigenvalue weighted by atomic mass is 16.6.